The summed E-state index contributed by atoms with van der Waals surface area (Å²) >= 11 is 7.00. The fraction of sp³-hybridized carbons (Fsp3) is 0.133. The molecule has 2 nitrogen and oxygen atoms in total. The van der Waals surface area contributed by atoms with Gasteiger partial charge in [0.05, 0.1) is 14.4 Å². The van der Waals surface area contributed by atoms with Gasteiger partial charge in [-0.3, -0.25) is 0 Å². The zero-order valence-corrected chi connectivity index (χ0v) is 14.1. The zero-order chi connectivity index (χ0) is 13.9. The number of benzene rings is 1. The highest BCUT2D eigenvalue weighted by Gasteiger charge is 2.14. The molecule has 0 aliphatic carbocycles. The van der Waals surface area contributed by atoms with Gasteiger partial charge in [0.2, 0.25) is 0 Å². The predicted octanol–water partition coefficient (Wildman–Crippen LogP) is 5.02. The van der Waals surface area contributed by atoms with E-state index < -0.39 is 0 Å². The Hall–Kier alpha value is -1.01. The molecule has 0 fully saturated rings. The van der Waals surface area contributed by atoms with Crippen molar-refractivity contribution < 1.29 is 0 Å². The molecular weight excluding hydrogens is 352 g/mol. The van der Waals surface area contributed by atoms with Crippen LogP contribution in [0.5, 0.6) is 0 Å². The fourth-order valence-corrected chi connectivity index (χ4v) is 4.52. The number of thiazole rings is 1. The Labute approximate surface area is 134 Å². The first kappa shape index (κ1) is 13.9. The van der Waals surface area contributed by atoms with Crippen LogP contribution in [0.15, 0.2) is 46.3 Å². The molecule has 3 aromatic rings. The lowest BCUT2D eigenvalue weighted by molar-refractivity contribution is 0.831. The molecule has 0 bridgehead atoms. The topological polar surface area (TPSA) is 24.9 Å². The SMILES string of the molecule is CNCc1sc(-c2ccc(Br)s2)nc1-c1ccccc1. The van der Waals surface area contributed by atoms with Gasteiger partial charge in [0.25, 0.3) is 0 Å². The van der Waals surface area contributed by atoms with Gasteiger partial charge in [-0.25, -0.2) is 4.98 Å². The van der Waals surface area contributed by atoms with Gasteiger partial charge in [0.15, 0.2) is 0 Å². The summed E-state index contributed by atoms with van der Waals surface area (Å²) in [4.78, 5) is 7.34. The van der Waals surface area contributed by atoms with Gasteiger partial charge in [0.1, 0.15) is 5.01 Å². The van der Waals surface area contributed by atoms with E-state index in [1.165, 1.54) is 15.3 Å². The Bertz CT molecular complexity index is 704. The molecule has 0 spiro atoms. The Morgan fingerprint density at radius 1 is 1.10 bits per heavy atom. The molecular formula is C15H13BrN2S2. The molecule has 0 aliphatic rings. The van der Waals surface area contributed by atoms with E-state index in [9.17, 15) is 0 Å². The summed E-state index contributed by atoms with van der Waals surface area (Å²) in [7, 11) is 1.97. The monoisotopic (exact) mass is 364 g/mol. The van der Waals surface area contributed by atoms with Crippen LogP contribution in [0.25, 0.3) is 21.1 Å². The maximum atomic E-state index is 4.85. The molecule has 5 heteroatoms. The molecule has 20 heavy (non-hydrogen) atoms. The lowest BCUT2D eigenvalue weighted by atomic mass is 10.1. The molecule has 0 amide bonds. The van der Waals surface area contributed by atoms with Crippen molar-refractivity contribution in [3.05, 3.63) is 51.1 Å². The molecule has 2 aromatic heterocycles. The van der Waals surface area contributed by atoms with Crippen LogP contribution >= 0.6 is 38.6 Å². The van der Waals surface area contributed by atoms with E-state index in [4.69, 9.17) is 4.98 Å². The third-order valence-electron chi connectivity index (χ3n) is 2.87. The Morgan fingerprint density at radius 2 is 1.90 bits per heavy atom. The van der Waals surface area contributed by atoms with Crippen LogP contribution in [-0.4, -0.2) is 12.0 Å². The summed E-state index contributed by atoms with van der Waals surface area (Å²) in [5.41, 5.74) is 2.26. The molecule has 1 N–H and O–H groups in total. The van der Waals surface area contributed by atoms with Gasteiger partial charge in [-0.1, -0.05) is 30.3 Å². The molecule has 0 saturated heterocycles. The number of hydrogen-bond donors (Lipinski definition) is 1. The highest BCUT2D eigenvalue weighted by atomic mass is 79.9. The summed E-state index contributed by atoms with van der Waals surface area (Å²) in [5, 5.41) is 4.32. The van der Waals surface area contributed by atoms with Gasteiger partial charge in [-0.05, 0) is 35.1 Å². The Kier molecular flexibility index (Phi) is 4.31. The van der Waals surface area contributed by atoms with Crippen molar-refractivity contribution in [2.75, 3.05) is 7.05 Å². The number of rotatable bonds is 4. The van der Waals surface area contributed by atoms with E-state index in [2.05, 4.69) is 57.6 Å². The van der Waals surface area contributed by atoms with Crippen molar-refractivity contribution >= 4 is 38.6 Å². The largest absolute Gasteiger partial charge is 0.315 e. The van der Waals surface area contributed by atoms with E-state index in [0.717, 1.165) is 21.0 Å². The van der Waals surface area contributed by atoms with Gasteiger partial charge < -0.3 is 5.32 Å². The number of nitrogens with one attached hydrogen (secondary N) is 1. The van der Waals surface area contributed by atoms with Crippen LogP contribution in [0.3, 0.4) is 0 Å². The molecule has 0 atom stereocenters. The third-order valence-corrected chi connectivity index (χ3v) is 5.71. The normalized spacial score (nSPS) is 10.9. The summed E-state index contributed by atoms with van der Waals surface area (Å²) < 4.78 is 1.14. The standard InChI is InChI=1S/C15H13BrN2S2/c1-17-9-12-14(10-5-3-2-4-6-10)18-15(20-12)11-7-8-13(16)19-11/h2-8,17H,9H2,1H3. The minimum Gasteiger partial charge on any atom is -0.315 e. The van der Waals surface area contributed by atoms with Gasteiger partial charge in [-0.2, -0.15) is 0 Å². The summed E-state index contributed by atoms with van der Waals surface area (Å²) in [6.07, 6.45) is 0. The van der Waals surface area contributed by atoms with Crippen molar-refractivity contribution in [2.24, 2.45) is 0 Å². The summed E-state index contributed by atoms with van der Waals surface area (Å²) in [6.45, 7) is 0.842. The number of hydrogen-bond acceptors (Lipinski definition) is 4. The Morgan fingerprint density at radius 3 is 2.55 bits per heavy atom. The first-order chi connectivity index (χ1) is 9.78. The van der Waals surface area contributed by atoms with Crippen molar-refractivity contribution in [3.8, 4) is 21.1 Å². The van der Waals surface area contributed by atoms with Gasteiger partial charge >= 0.3 is 0 Å². The average molecular weight is 365 g/mol. The zero-order valence-electron chi connectivity index (χ0n) is 10.9. The van der Waals surface area contributed by atoms with E-state index in [-0.39, 0.29) is 0 Å². The minimum absolute atomic E-state index is 0.842. The lowest BCUT2D eigenvalue weighted by Gasteiger charge is -2.00. The molecule has 0 unspecified atom stereocenters. The Balaban J connectivity index is 2.07. The van der Waals surface area contributed by atoms with Crippen LogP contribution in [0, 0.1) is 0 Å². The second-order valence-electron chi connectivity index (χ2n) is 4.29. The van der Waals surface area contributed by atoms with Crippen LogP contribution in [0.1, 0.15) is 4.88 Å². The van der Waals surface area contributed by atoms with Crippen molar-refractivity contribution in [1.82, 2.24) is 10.3 Å². The smallest absolute Gasteiger partial charge is 0.134 e. The number of nitrogens with zero attached hydrogens (tertiary/aromatic N) is 1. The van der Waals surface area contributed by atoms with E-state index in [1.807, 2.05) is 13.1 Å². The fourth-order valence-electron chi connectivity index (χ4n) is 1.99. The highest BCUT2D eigenvalue weighted by Crippen LogP contribution is 2.38. The van der Waals surface area contributed by atoms with E-state index >= 15 is 0 Å². The predicted molar refractivity (Wildman–Crippen MR) is 91.3 cm³/mol. The summed E-state index contributed by atoms with van der Waals surface area (Å²) in [5.74, 6) is 0. The minimum atomic E-state index is 0.842. The van der Waals surface area contributed by atoms with Crippen LogP contribution in [0.4, 0.5) is 0 Å². The second-order valence-corrected chi connectivity index (χ2v) is 7.84. The maximum absolute atomic E-state index is 4.85. The molecule has 0 saturated carbocycles. The van der Waals surface area contributed by atoms with Crippen LogP contribution in [-0.2, 0) is 6.54 Å². The van der Waals surface area contributed by atoms with Crippen molar-refractivity contribution in [1.29, 1.82) is 0 Å². The second kappa shape index (κ2) is 6.18. The van der Waals surface area contributed by atoms with Crippen molar-refractivity contribution in [2.45, 2.75) is 6.54 Å². The first-order valence-electron chi connectivity index (χ1n) is 6.23. The first-order valence-corrected chi connectivity index (χ1v) is 8.66. The highest BCUT2D eigenvalue weighted by molar-refractivity contribution is 9.11. The molecule has 2 heterocycles. The van der Waals surface area contributed by atoms with E-state index in [1.54, 1.807) is 22.7 Å². The molecule has 3 rings (SSSR count). The van der Waals surface area contributed by atoms with E-state index in [0.29, 0.717) is 0 Å². The molecule has 0 aliphatic heterocycles. The molecule has 0 radical (unpaired) electrons. The third kappa shape index (κ3) is 2.86. The maximum Gasteiger partial charge on any atom is 0.134 e. The average Bonchev–Trinajstić information content (AvgIpc) is 3.07. The molecule has 1 aromatic carbocycles. The van der Waals surface area contributed by atoms with Crippen LogP contribution in [0.2, 0.25) is 0 Å². The quantitative estimate of drug-likeness (QED) is 0.702. The van der Waals surface area contributed by atoms with Gasteiger partial charge in [-0.15, -0.1) is 22.7 Å². The van der Waals surface area contributed by atoms with Crippen LogP contribution < -0.4 is 5.32 Å². The number of thiophene rings is 1. The van der Waals surface area contributed by atoms with Crippen molar-refractivity contribution in [3.63, 3.8) is 0 Å². The number of aromatic nitrogens is 1. The van der Waals surface area contributed by atoms with Gasteiger partial charge in [0, 0.05) is 17.0 Å². The number of halogens is 1. The molecule has 102 valence electrons. The lowest BCUT2D eigenvalue weighted by Crippen LogP contribution is -2.04. The summed E-state index contributed by atoms with van der Waals surface area (Å²) in [6, 6.07) is 14.6.